The summed E-state index contributed by atoms with van der Waals surface area (Å²) in [5.74, 6) is -0.358. The smallest absolute Gasteiger partial charge is 0.325 e. The summed E-state index contributed by atoms with van der Waals surface area (Å²) in [6.45, 7) is 4.92. The second-order valence-corrected chi connectivity index (χ2v) is 7.34. The highest BCUT2D eigenvalue weighted by molar-refractivity contribution is 5.81. The quantitative estimate of drug-likeness (QED) is 0.227. The molecule has 0 saturated carbocycles. The van der Waals surface area contributed by atoms with E-state index in [1.807, 2.05) is 0 Å². The maximum atomic E-state index is 11.7. The molecule has 0 unspecified atom stereocenters. The van der Waals surface area contributed by atoms with Crippen molar-refractivity contribution in [1.29, 1.82) is 0 Å². The zero-order valence-electron chi connectivity index (χ0n) is 17.5. The molecule has 0 aromatic rings. The van der Waals surface area contributed by atoms with Crippen molar-refractivity contribution in [2.75, 3.05) is 13.2 Å². The number of nitrogens with one attached hydrogen (secondary N) is 1. The third kappa shape index (κ3) is 19.3. The van der Waals surface area contributed by atoms with Crippen molar-refractivity contribution in [2.24, 2.45) is 0 Å². The normalized spacial score (nSPS) is 10.7. The fraction of sp³-hybridized carbons (Fsp3) is 0.909. The first-order valence-corrected chi connectivity index (χ1v) is 11.1. The van der Waals surface area contributed by atoms with Crippen LogP contribution in [0, 0.1) is 0 Å². The highest BCUT2D eigenvalue weighted by Gasteiger charge is 2.06. The first kappa shape index (κ1) is 24.9. The number of carbonyl (C=O) groups is 2. The lowest BCUT2D eigenvalue weighted by atomic mass is 10.1. The van der Waals surface area contributed by atoms with Crippen LogP contribution in [-0.2, 0) is 14.3 Å². The SMILES string of the molecule is CCCCCCCCCCOC(=O)CNC(=O)CCCCCCCCC. The van der Waals surface area contributed by atoms with Crippen LogP contribution in [-0.4, -0.2) is 25.0 Å². The van der Waals surface area contributed by atoms with Crippen LogP contribution < -0.4 is 5.32 Å². The number of unbranched alkanes of at least 4 members (excludes halogenated alkanes) is 13. The summed E-state index contributed by atoms with van der Waals surface area (Å²) in [5, 5.41) is 2.66. The highest BCUT2D eigenvalue weighted by atomic mass is 16.5. The number of amides is 1. The molecule has 0 aliphatic heterocycles. The monoisotopic (exact) mass is 369 g/mol. The van der Waals surface area contributed by atoms with E-state index >= 15 is 0 Å². The van der Waals surface area contributed by atoms with E-state index in [0.717, 1.165) is 25.7 Å². The lowest BCUT2D eigenvalue weighted by molar-refractivity contribution is -0.144. The Labute approximate surface area is 161 Å². The summed E-state index contributed by atoms with van der Waals surface area (Å²) in [7, 11) is 0. The molecule has 0 aromatic heterocycles. The molecule has 1 N–H and O–H groups in total. The fourth-order valence-corrected chi connectivity index (χ4v) is 2.97. The Kier molecular flexibility index (Phi) is 19.4. The van der Waals surface area contributed by atoms with E-state index in [2.05, 4.69) is 19.2 Å². The van der Waals surface area contributed by atoms with Gasteiger partial charge in [0.1, 0.15) is 6.54 Å². The Morgan fingerprint density at radius 3 is 1.65 bits per heavy atom. The van der Waals surface area contributed by atoms with Gasteiger partial charge in [0.15, 0.2) is 0 Å². The molecule has 0 bridgehead atoms. The predicted octanol–water partition coefficient (Wildman–Crippen LogP) is 5.93. The predicted molar refractivity (Wildman–Crippen MR) is 109 cm³/mol. The molecule has 0 spiro atoms. The van der Waals surface area contributed by atoms with Crippen LogP contribution in [0.25, 0.3) is 0 Å². The molecule has 0 aliphatic rings. The molecule has 0 aromatic carbocycles. The minimum Gasteiger partial charge on any atom is -0.464 e. The minimum absolute atomic E-state index is 0.00630. The summed E-state index contributed by atoms with van der Waals surface area (Å²) in [6.07, 6.45) is 18.7. The highest BCUT2D eigenvalue weighted by Crippen LogP contribution is 2.09. The van der Waals surface area contributed by atoms with Crippen LogP contribution in [0.5, 0.6) is 0 Å². The molecule has 0 rings (SSSR count). The first-order valence-electron chi connectivity index (χ1n) is 11.1. The first-order chi connectivity index (χ1) is 12.7. The number of rotatable bonds is 19. The Morgan fingerprint density at radius 1 is 0.654 bits per heavy atom. The van der Waals surface area contributed by atoms with Gasteiger partial charge in [-0.1, -0.05) is 97.3 Å². The van der Waals surface area contributed by atoms with Crippen LogP contribution in [0.3, 0.4) is 0 Å². The molecule has 154 valence electrons. The topological polar surface area (TPSA) is 55.4 Å². The standard InChI is InChI=1S/C22H43NO3/c1-3-5-7-9-11-13-15-17-19-26-22(25)20-23-21(24)18-16-14-12-10-8-6-4-2/h3-20H2,1-2H3,(H,23,24). The van der Waals surface area contributed by atoms with Crippen LogP contribution in [0.4, 0.5) is 0 Å². The summed E-state index contributed by atoms with van der Waals surface area (Å²) in [5.41, 5.74) is 0. The van der Waals surface area contributed by atoms with E-state index in [4.69, 9.17) is 4.74 Å². The van der Waals surface area contributed by atoms with E-state index in [1.54, 1.807) is 0 Å². The molecule has 26 heavy (non-hydrogen) atoms. The van der Waals surface area contributed by atoms with Gasteiger partial charge in [-0.15, -0.1) is 0 Å². The van der Waals surface area contributed by atoms with Gasteiger partial charge >= 0.3 is 5.97 Å². The average molecular weight is 370 g/mol. The largest absolute Gasteiger partial charge is 0.464 e. The van der Waals surface area contributed by atoms with Gasteiger partial charge in [-0.3, -0.25) is 9.59 Å². The number of hydrogen-bond donors (Lipinski definition) is 1. The maximum absolute atomic E-state index is 11.7. The molecule has 0 saturated heterocycles. The van der Waals surface area contributed by atoms with E-state index in [9.17, 15) is 9.59 Å². The third-order valence-electron chi connectivity index (χ3n) is 4.70. The second kappa shape index (κ2) is 20.3. The van der Waals surface area contributed by atoms with Gasteiger partial charge in [0, 0.05) is 6.42 Å². The molecule has 0 heterocycles. The Morgan fingerprint density at radius 2 is 1.12 bits per heavy atom. The minimum atomic E-state index is -0.319. The van der Waals surface area contributed by atoms with Gasteiger partial charge in [-0.05, 0) is 12.8 Å². The van der Waals surface area contributed by atoms with Crippen molar-refractivity contribution in [3.63, 3.8) is 0 Å². The Hall–Kier alpha value is -1.06. The van der Waals surface area contributed by atoms with Crippen LogP contribution >= 0.6 is 0 Å². The molecule has 1 amide bonds. The van der Waals surface area contributed by atoms with Gasteiger partial charge in [0.25, 0.3) is 0 Å². The van der Waals surface area contributed by atoms with Gasteiger partial charge in [0.2, 0.25) is 5.91 Å². The van der Waals surface area contributed by atoms with Crippen molar-refractivity contribution < 1.29 is 14.3 Å². The van der Waals surface area contributed by atoms with E-state index in [0.29, 0.717) is 13.0 Å². The summed E-state index contributed by atoms with van der Waals surface area (Å²) < 4.78 is 5.16. The third-order valence-corrected chi connectivity index (χ3v) is 4.70. The molecular weight excluding hydrogens is 326 g/mol. The molecule has 4 nitrogen and oxygen atoms in total. The zero-order chi connectivity index (χ0) is 19.3. The van der Waals surface area contributed by atoms with E-state index in [-0.39, 0.29) is 18.4 Å². The molecule has 0 aliphatic carbocycles. The van der Waals surface area contributed by atoms with Crippen LogP contribution in [0.15, 0.2) is 0 Å². The van der Waals surface area contributed by atoms with Crippen molar-refractivity contribution in [1.82, 2.24) is 5.32 Å². The maximum Gasteiger partial charge on any atom is 0.325 e. The number of carbonyl (C=O) groups excluding carboxylic acids is 2. The van der Waals surface area contributed by atoms with Crippen molar-refractivity contribution in [3.05, 3.63) is 0 Å². The molecule has 0 radical (unpaired) electrons. The molecular formula is C22H43NO3. The molecule has 0 fully saturated rings. The average Bonchev–Trinajstić information content (AvgIpc) is 2.64. The van der Waals surface area contributed by atoms with Crippen molar-refractivity contribution >= 4 is 11.9 Å². The lowest BCUT2D eigenvalue weighted by Crippen LogP contribution is -2.30. The van der Waals surface area contributed by atoms with Gasteiger partial charge in [-0.25, -0.2) is 0 Å². The number of hydrogen-bond acceptors (Lipinski definition) is 3. The Bertz CT molecular complexity index is 331. The lowest BCUT2D eigenvalue weighted by Gasteiger charge is -2.07. The number of ether oxygens (including phenoxy) is 1. The summed E-state index contributed by atoms with van der Waals surface area (Å²) in [6, 6.07) is 0. The van der Waals surface area contributed by atoms with E-state index < -0.39 is 0 Å². The molecule has 4 heteroatoms. The number of esters is 1. The van der Waals surface area contributed by atoms with Crippen LogP contribution in [0.2, 0.25) is 0 Å². The van der Waals surface area contributed by atoms with E-state index in [1.165, 1.54) is 70.6 Å². The van der Waals surface area contributed by atoms with Crippen LogP contribution in [0.1, 0.15) is 117 Å². The Balaban J connectivity index is 3.32. The zero-order valence-corrected chi connectivity index (χ0v) is 17.5. The molecule has 0 atom stereocenters. The van der Waals surface area contributed by atoms with Gasteiger partial charge in [0.05, 0.1) is 6.61 Å². The second-order valence-electron chi connectivity index (χ2n) is 7.34. The summed E-state index contributed by atoms with van der Waals surface area (Å²) >= 11 is 0. The van der Waals surface area contributed by atoms with Crippen molar-refractivity contribution in [3.8, 4) is 0 Å². The van der Waals surface area contributed by atoms with Crippen molar-refractivity contribution in [2.45, 2.75) is 117 Å². The van der Waals surface area contributed by atoms with Gasteiger partial charge in [-0.2, -0.15) is 0 Å². The van der Waals surface area contributed by atoms with Gasteiger partial charge < -0.3 is 10.1 Å². The fourth-order valence-electron chi connectivity index (χ4n) is 2.97. The summed E-state index contributed by atoms with van der Waals surface area (Å²) in [4.78, 5) is 23.3.